The first kappa shape index (κ1) is 15.7. The summed E-state index contributed by atoms with van der Waals surface area (Å²) in [5, 5.41) is 9.54. The number of benzene rings is 1. The molecule has 1 amide bonds. The van der Waals surface area contributed by atoms with Gasteiger partial charge in [0.1, 0.15) is 17.3 Å². The van der Waals surface area contributed by atoms with Gasteiger partial charge in [0.05, 0.1) is 12.4 Å². The summed E-state index contributed by atoms with van der Waals surface area (Å²) in [5.41, 5.74) is 2.17. The van der Waals surface area contributed by atoms with Gasteiger partial charge in [-0.15, -0.1) is 0 Å². The summed E-state index contributed by atoms with van der Waals surface area (Å²) in [6.07, 6.45) is 3.84. The first-order valence-corrected chi connectivity index (χ1v) is 7.56. The molecule has 0 atom stereocenters. The van der Waals surface area contributed by atoms with E-state index in [1.807, 2.05) is 24.3 Å². The lowest BCUT2D eigenvalue weighted by molar-refractivity contribution is 0.102. The Morgan fingerprint density at radius 2 is 1.92 bits per heavy atom. The number of aromatic nitrogens is 3. The van der Waals surface area contributed by atoms with Gasteiger partial charge in [-0.25, -0.2) is 9.97 Å². The number of amides is 1. The highest BCUT2D eigenvalue weighted by Gasteiger charge is 2.09. The number of carbonyl (C=O) groups is 1. The second-order valence-electron chi connectivity index (χ2n) is 5.24. The number of nitrogens with zero attached hydrogens (tertiary/aromatic N) is 3. The van der Waals surface area contributed by atoms with E-state index in [2.05, 4.69) is 32.7 Å². The Balaban J connectivity index is 1.64. The number of aryl methyl sites for hydroxylation is 2. The van der Waals surface area contributed by atoms with Crippen LogP contribution in [0.2, 0.25) is 0 Å². The molecule has 0 aliphatic carbocycles. The van der Waals surface area contributed by atoms with Gasteiger partial charge in [0, 0.05) is 11.8 Å². The molecule has 2 N–H and O–H groups in total. The molecule has 122 valence electrons. The molecule has 2 aromatic heterocycles. The third-order valence-electron chi connectivity index (χ3n) is 3.39. The van der Waals surface area contributed by atoms with Crippen molar-refractivity contribution in [3.05, 3.63) is 59.7 Å². The lowest BCUT2D eigenvalue weighted by Gasteiger charge is -2.06. The Bertz CT molecular complexity index is 825. The number of hydrogen-bond donors (Lipinski definition) is 2. The number of anilines is 3. The van der Waals surface area contributed by atoms with E-state index in [0.29, 0.717) is 17.4 Å². The van der Waals surface area contributed by atoms with E-state index in [-0.39, 0.29) is 11.6 Å². The molecule has 0 aliphatic heterocycles. The fourth-order valence-electron chi connectivity index (χ4n) is 2.09. The van der Waals surface area contributed by atoms with E-state index < -0.39 is 0 Å². The van der Waals surface area contributed by atoms with Crippen LogP contribution in [-0.2, 0) is 6.42 Å². The van der Waals surface area contributed by atoms with Crippen molar-refractivity contribution in [1.29, 1.82) is 0 Å². The first-order chi connectivity index (χ1) is 11.6. The molecule has 0 unspecified atom stereocenters. The maximum atomic E-state index is 12.2. The molecule has 7 heteroatoms. The first-order valence-electron chi connectivity index (χ1n) is 7.56. The van der Waals surface area contributed by atoms with Crippen LogP contribution in [0.5, 0.6) is 0 Å². The molecular weight excluding hydrogens is 306 g/mol. The van der Waals surface area contributed by atoms with Crippen LogP contribution in [0.3, 0.4) is 0 Å². The second-order valence-corrected chi connectivity index (χ2v) is 5.24. The normalized spacial score (nSPS) is 10.4. The summed E-state index contributed by atoms with van der Waals surface area (Å²) in [4.78, 5) is 20.5. The number of nitrogens with one attached hydrogen (secondary N) is 2. The van der Waals surface area contributed by atoms with E-state index in [1.165, 1.54) is 18.0 Å². The standard InChI is InChI=1S/C17H17N5O2/c1-3-12-4-6-13(7-5-12)20-17(23)14-9-19-16(10-18-14)21-15-8-11(2)24-22-15/h4-10H,3H2,1-2H3,(H,20,23)(H,19,21,22). The summed E-state index contributed by atoms with van der Waals surface area (Å²) in [5.74, 6) is 1.40. The molecule has 0 fully saturated rings. The zero-order valence-corrected chi connectivity index (χ0v) is 13.4. The van der Waals surface area contributed by atoms with Gasteiger partial charge in [-0.1, -0.05) is 24.2 Å². The lowest BCUT2D eigenvalue weighted by Crippen LogP contribution is -2.14. The average molecular weight is 323 g/mol. The molecule has 0 spiro atoms. The molecule has 0 aliphatic rings. The second kappa shape index (κ2) is 6.91. The smallest absolute Gasteiger partial charge is 0.275 e. The van der Waals surface area contributed by atoms with E-state index in [1.54, 1.807) is 13.0 Å². The van der Waals surface area contributed by atoms with Crippen molar-refractivity contribution in [3.63, 3.8) is 0 Å². The lowest BCUT2D eigenvalue weighted by atomic mass is 10.1. The third kappa shape index (κ3) is 3.75. The van der Waals surface area contributed by atoms with Crippen molar-refractivity contribution in [1.82, 2.24) is 15.1 Å². The van der Waals surface area contributed by atoms with Gasteiger partial charge in [-0.05, 0) is 31.0 Å². The summed E-state index contributed by atoms with van der Waals surface area (Å²) in [6.45, 7) is 3.88. The van der Waals surface area contributed by atoms with Crippen molar-refractivity contribution >= 4 is 23.2 Å². The Hall–Kier alpha value is -3.22. The molecule has 2 heterocycles. The minimum atomic E-state index is -0.310. The molecule has 7 nitrogen and oxygen atoms in total. The van der Waals surface area contributed by atoms with Crippen LogP contribution in [0.25, 0.3) is 0 Å². The predicted molar refractivity (Wildman–Crippen MR) is 90.3 cm³/mol. The summed E-state index contributed by atoms with van der Waals surface area (Å²) in [6, 6.07) is 9.44. The topological polar surface area (TPSA) is 92.9 Å². The summed E-state index contributed by atoms with van der Waals surface area (Å²) >= 11 is 0. The molecule has 0 bridgehead atoms. The third-order valence-corrected chi connectivity index (χ3v) is 3.39. The fraction of sp³-hybridized carbons (Fsp3) is 0.176. The van der Waals surface area contributed by atoms with Crippen LogP contribution in [-0.4, -0.2) is 21.0 Å². The van der Waals surface area contributed by atoms with Gasteiger partial charge in [-0.3, -0.25) is 4.79 Å². The summed E-state index contributed by atoms with van der Waals surface area (Å²) in [7, 11) is 0. The zero-order chi connectivity index (χ0) is 16.9. The van der Waals surface area contributed by atoms with Crippen molar-refractivity contribution in [2.75, 3.05) is 10.6 Å². The highest BCUT2D eigenvalue weighted by molar-refractivity contribution is 6.02. The van der Waals surface area contributed by atoms with E-state index >= 15 is 0 Å². The molecule has 3 rings (SSSR count). The monoisotopic (exact) mass is 323 g/mol. The number of carbonyl (C=O) groups excluding carboxylic acids is 1. The van der Waals surface area contributed by atoms with Crippen LogP contribution >= 0.6 is 0 Å². The van der Waals surface area contributed by atoms with Crippen LogP contribution < -0.4 is 10.6 Å². The van der Waals surface area contributed by atoms with Gasteiger partial charge in [-0.2, -0.15) is 0 Å². The zero-order valence-electron chi connectivity index (χ0n) is 13.4. The molecule has 3 aromatic rings. The average Bonchev–Trinajstić information content (AvgIpc) is 3.01. The predicted octanol–water partition coefficient (Wildman–Crippen LogP) is 3.33. The van der Waals surface area contributed by atoms with Crippen molar-refractivity contribution in [3.8, 4) is 0 Å². The molecule has 24 heavy (non-hydrogen) atoms. The number of hydrogen-bond acceptors (Lipinski definition) is 6. The maximum Gasteiger partial charge on any atom is 0.275 e. The largest absolute Gasteiger partial charge is 0.360 e. The minimum Gasteiger partial charge on any atom is -0.360 e. The molecule has 0 saturated carbocycles. The van der Waals surface area contributed by atoms with E-state index in [0.717, 1.165) is 12.1 Å². The van der Waals surface area contributed by atoms with Crippen LogP contribution in [0.4, 0.5) is 17.3 Å². The van der Waals surface area contributed by atoms with Gasteiger partial charge in [0.15, 0.2) is 5.82 Å². The molecule has 0 saturated heterocycles. The van der Waals surface area contributed by atoms with Gasteiger partial charge >= 0.3 is 0 Å². The molecule has 1 aromatic carbocycles. The minimum absolute atomic E-state index is 0.233. The Labute approximate surface area is 139 Å². The van der Waals surface area contributed by atoms with E-state index in [4.69, 9.17) is 4.52 Å². The van der Waals surface area contributed by atoms with Crippen LogP contribution in [0, 0.1) is 6.92 Å². The van der Waals surface area contributed by atoms with Gasteiger partial charge < -0.3 is 15.2 Å². The Kier molecular flexibility index (Phi) is 4.51. The highest BCUT2D eigenvalue weighted by atomic mass is 16.5. The van der Waals surface area contributed by atoms with Gasteiger partial charge in [0.2, 0.25) is 0 Å². The van der Waals surface area contributed by atoms with Crippen molar-refractivity contribution < 1.29 is 9.32 Å². The highest BCUT2D eigenvalue weighted by Crippen LogP contribution is 2.14. The molecular formula is C17H17N5O2. The van der Waals surface area contributed by atoms with Crippen molar-refractivity contribution in [2.24, 2.45) is 0 Å². The van der Waals surface area contributed by atoms with Crippen LogP contribution in [0.1, 0.15) is 28.7 Å². The van der Waals surface area contributed by atoms with Crippen molar-refractivity contribution in [2.45, 2.75) is 20.3 Å². The Morgan fingerprint density at radius 3 is 2.50 bits per heavy atom. The summed E-state index contributed by atoms with van der Waals surface area (Å²) < 4.78 is 4.96. The Morgan fingerprint density at radius 1 is 1.12 bits per heavy atom. The molecule has 0 radical (unpaired) electrons. The van der Waals surface area contributed by atoms with Crippen LogP contribution in [0.15, 0.2) is 47.2 Å². The number of rotatable bonds is 5. The SMILES string of the molecule is CCc1ccc(NC(=O)c2cnc(Nc3cc(C)on3)cn2)cc1. The van der Waals surface area contributed by atoms with E-state index in [9.17, 15) is 4.79 Å². The fourth-order valence-corrected chi connectivity index (χ4v) is 2.09. The quantitative estimate of drug-likeness (QED) is 0.748. The van der Waals surface area contributed by atoms with Gasteiger partial charge in [0.25, 0.3) is 5.91 Å². The maximum absolute atomic E-state index is 12.2.